The van der Waals surface area contributed by atoms with Gasteiger partial charge in [0.1, 0.15) is 11.9 Å². The third-order valence-corrected chi connectivity index (χ3v) is 2.66. The summed E-state index contributed by atoms with van der Waals surface area (Å²) < 4.78 is 5.19. The van der Waals surface area contributed by atoms with E-state index >= 15 is 0 Å². The molecular formula is C15H14O4. The summed E-state index contributed by atoms with van der Waals surface area (Å²) in [5, 5.41) is 18.2. The van der Waals surface area contributed by atoms with E-state index in [1.54, 1.807) is 48.5 Å². The molecule has 0 fully saturated rings. The average Bonchev–Trinajstić information content (AvgIpc) is 2.48. The summed E-state index contributed by atoms with van der Waals surface area (Å²) in [6.45, 7) is -0.344. The number of esters is 1. The number of rotatable bonds is 4. The van der Waals surface area contributed by atoms with Crippen LogP contribution >= 0.6 is 0 Å². The first-order valence-electron chi connectivity index (χ1n) is 5.87. The second-order valence-electron chi connectivity index (χ2n) is 4.02. The topological polar surface area (TPSA) is 66.8 Å². The fourth-order valence-corrected chi connectivity index (χ4v) is 1.60. The largest absolute Gasteiger partial charge is 0.423 e. The maximum atomic E-state index is 11.8. The zero-order valence-corrected chi connectivity index (χ0v) is 10.2. The molecule has 0 saturated heterocycles. The normalized spacial score (nSPS) is 11.9. The Bertz CT molecular complexity index is 534. The zero-order chi connectivity index (χ0) is 13.7. The van der Waals surface area contributed by atoms with Crippen LogP contribution in [0.3, 0.4) is 0 Å². The molecule has 1 atom stereocenters. The number of benzene rings is 2. The van der Waals surface area contributed by atoms with Crippen molar-refractivity contribution in [1.29, 1.82) is 0 Å². The van der Waals surface area contributed by atoms with Crippen molar-refractivity contribution in [3.05, 3.63) is 65.7 Å². The molecule has 2 N–H and O–H groups in total. The molecule has 2 rings (SSSR count). The lowest BCUT2D eigenvalue weighted by Crippen LogP contribution is -2.08. The standard InChI is InChI=1S/C15H14O4/c16-10-14(17)11-6-8-13(9-7-11)19-15(18)12-4-2-1-3-5-12/h1-9,14,16-17H,10H2. The summed E-state index contributed by atoms with van der Waals surface area (Å²) in [6, 6.07) is 15.1. The summed E-state index contributed by atoms with van der Waals surface area (Å²) in [5.74, 6) is -0.0428. The van der Waals surface area contributed by atoms with E-state index in [-0.39, 0.29) is 6.61 Å². The van der Waals surface area contributed by atoms with Crippen LogP contribution in [0.2, 0.25) is 0 Å². The van der Waals surface area contributed by atoms with Crippen molar-refractivity contribution in [3.63, 3.8) is 0 Å². The third kappa shape index (κ3) is 3.40. The Morgan fingerprint density at radius 3 is 2.26 bits per heavy atom. The molecule has 0 aliphatic rings. The summed E-state index contributed by atoms with van der Waals surface area (Å²) in [4.78, 5) is 11.8. The van der Waals surface area contributed by atoms with Gasteiger partial charge in [0.25, 0.3) is 0 Å². The minimum atomic E-state index is -0.918. The first-order chi connectivity index (χ1) is 9.20. The van der Waals surface area contributed by atoms with Crippen LogP contribution in [-0.2, 0) is 0 Å². The molecule has 0 aliphatic carbocycles. The Kier molecular flexibility index (Phi) is 4.28. The fourth-order valence-electron chi connectivity index (χ4n) is 1.60. The highest BCUT2D eigenvalue weighted by Crippen LogP contribution is 2.18. The molecule has 2 aromatic rings. The number of aliphatic hydroxyl groups is 2. The Labute approximate surface area is 110 Å². The SMILES string of the molecule is O=C(Oc1ccc(C(O)CO)cc1)c1ccccc1. The van der Waals surface area contributed by atoms with Gasteiger partial charge in [0.05, 0.1) is 12.2 Å². The van der Waals surface area contributed by atoms with Gasteiger partial charge in [-0.1, -0.05) is 30.3 Å². The van der Waals surface area contributed by atoms with Crippen molar-refractivity contribution in [1.82, 2.24) is 0 Å². The lowest BCUT2D eigenvalue weighted by Gasteiger charge is -2.08. The van der Waals surface area contributed by atoms with Crippen molar-refractivity contribution >= 4 is 5.97 Å². The number of hydrogen-bond donors (Lipinski definition) is 2. The maximum Gasteiger partial charge on any atom is 0.343 e. The molecule has 0 radical (unpaired) electrons. The average molecular weight is 258 g/mol. The molecule has 0 bridgehead atoms. The van der Waals surface area contributed by atoms with Gasteiger partial charge in [0.15, 0.2) is 0 Å². The number of carbonyl (C=O) groups is 1. The van der Waals surface area contributed by atoms with Crippen LogP contribution in [0.15, 0.2) is 54.6 Å². The second-order valence-corrected chi connectivity index (χ2v) is 4.02. The number of carbonyl (C=O) groups excluding carboxylic acids is 1. The highest BCUT2D eigenvalue weighted by molar-refractivity contribution is 5.90. The van der Waals surface area contributed by atoms with Crippen LogP contribution in [0.1, 0.15) is 22.0 Å². The number of ether oxygens (including phenoxy) is 1. The van der Waals surface area contributed by atoms with Gasteiger partial charge in [-0.2, -0.15) is 0 Å². The van der Waals surface area contributed by atoms with E-state index in [2.05, 4.69) is 0 Å². The van der Waals surface area contributed by atoms with Gasteiger partial charge in [0.2, 0.25) is 0 Å². The van der Waals surface area contributed by atoms with Crippen LogP contribution in [0.5, 0.6) is 5.75 Å². The van der Waals surface area contributed by atoms with Gasteiger partial charge in [-0.25, -0.2) is 4.79 Å². The van der Waals surface area contributed by atoms with Crippen LogP contribution < -0.4 is 4.74 Å². The summed E-state index contributed by atoms with van der Waals surface area (Å²) in [5.41, 5.74) is 1.05. The molecule has 98 valence electrons. The molecule has 0 heterocycles. The number of aliphatic hydroxyl groups excluding tert-OH is 2. The van der Waals surface area contributed by atoms with Gasteiger partial charge >= 0.3 is 5.97 Å². The Balaban J connectivity index is 2.06. The van der Waals surface area contributed by atoms with E-state index in [1.807, 2.05) is 6.07 Å². The van der Waals surface area contributed by atoms with E-state index in [0.29, 0.717) is 16.9 Å². The predicted octanol–water partition coefficient (Wildman–Crippen LogP) is 1.93. The van der Waals surface area contributed by atoms with E-state index in [1.165, 1.54) is 0 Å². The molecule has 0 spiro atoms. The predicted molar refractivity (Wildman–Crippen MR) is 69.9 cm³/mol. The molecule has 19 heavy (non-hydrogen) atoms. The third-order valence-electron chi connectivity index (χ3n) is 2.66. The lowest BCUT2D eigenvalue weighted by molar-refractivity contribution is 0.0734. The van der Waals surface area contributed by atoms with Gasteiger partial charge in [0, 0.05) is 0 Å². The van der Waals surface area contributed by atoms with Crippen LogP contribution in [0.4, 0.5) is 0 Å². The molecule has 4 heteroatoms. The fraction of sp³-hybridized carbons (Fsp3) is 0.133. The Morgan fingerprint density at radius 1 is 1.05 bits per heavy atom. The monoisotopic (exact) mass is 258 g/mol. The number of hydrogen-bond acceptors (Lipinski definition) is 4. The first-order valence-corrected chi connectivity index (χ1v) is 5.87. The van der Waals surface area contributed by atoms with Crippen molar-refractivity contribution in [2.24, 2.45) is 0 Å². The molecule has 2 aromatic carbocycles. The summed E-state index contributed by atoms with van der Waals surface area (Å²) in [7, 11) is 0. The van der Waals surface area contributed by atoms with Crippen molar-refractivity contribution in [2.75, 3.05) is 6.61 Å². The summed E-state index contributed by atoms with van der Waals surface area (Å²) >= 11 is 0. The van der Waals surface area contributed by atoms with Crippen LogP contribution in [0.25, 0.3) is 0 Å². The highest BCUT2D eigenvalue weighted by Gasteiger charge is 2.09. The minimum Gasteiger partial charge on any atom is -0.423 e. The van der Waals surface area contributed by atoms with E-state index in [9.17, 15) is 9.90 Å². The second kappa shape index (κ2) is 6.13. The van der Waals surface area contributed by atoms with Crippen LogP contribution in [-0.4, -0.2) is 22.8 Å². The molecule has 0 aliphatic heterocycles. The van der Waals surface area contributed by atoms with Gasteiger partial charge in [-0.15, -0.1) is 0 Å². The Morgan fingerprint density at radius 2 is 1.68 bits per heavy atom. The van der Waals surface area contributed by atoms with Crippen molar-refractivity contribution < 1.29 is 19.7 Å². The molecule has 0 aromatic heterocycles. The summed E-state index contributed by atoms with van der Waals surface area (Å²) in [6.07, 6.45) is -0.918. The first kappa shape index (κ1) is 13.3. The maximum absolute atomic E-state index is 11.8. The minimum absolute atomic E-state index is 0.344. The lowest BCUT2D eigenvalue weighted by atomic mass is 10.1. The smallest absolute Gasteiger partial charge is 0.343 e. The van der Waals surface area contributed by atoms with Gasteiger partial charge in [-0.05, 0) is 29.8 Å². The van der Waals surface area contributed by atoms with Crippen molar-refractivity contribution in [2.45, 2.75) is 6.10 Å². The quantitative estimate of drug-likeness (QED) is 0.649. The van der Waals surface area contributed by atoms with E-state index in [0.717, 1.165) is 0 Å². The molecule has 1 unspecified atom stereocenters. The van der Waals surface area contributed by atoms with Gasteiger partial charge < -0.3 is 14.9 Å². The molecule has 0 amide bonds. The highest BCUT2D eigenvalue weighted by atomic mass is 16.5. The molecular weight excluding hydrogens is 244 g/mol. The van der Waals surface area contributed by atoms with E-state index in [4.69, 9.17) is 9.84 Å². The Hall–Kier alpha value is -2.17. The van der Waals surface area contributed by atoms with Crippen LogP contribution in [0, 0.1) is 0 Å². The molecule has 0 saturated carbocycles. The van der Waals surface area contributed by atoms with E-state index < -0.39 is 12.1 Å². The zero-order valence-electron chi connectivity index (χ0n) is 10.2. The van der Waals surface area contributed by atoms with Crippen molar-refractivity contribution in [3.8, 4) is 5.75 Å². The van der Waals surface area contributed by atoms with Gasteiger partial charge in [-0.3, -0.25) is 0 Å². The molecule has 4 nitrogen and oxygen atoms in total.